The van der Waals surface area contributed by atoms with Crippen LogP contribution in [0.1, 0.15) is 22.3 Å². The Morgan fingerprint density at radius 3 is 1.22 bits per heavy atom. The van der Waals surface area contributed by atoms with Gasteiger partial charge >= 0.3 is 12.4 Å². The fourth-order valence-electron chi connectivity index (χ4n) is 4.10. The van der Waals surface area contributed by atoms with Gasteiger partial charge in [0.1, 0.15) is 11.5 Å². The third kappa shape index (κ3) is 6.90. The minimum Gasteiger partial charge on any atom is -0.544 e. The Bertz CT molecular complexity index is 1040. The van der Waals surface area contributed by atoms with Crippen LogP contribution in [0.3, 0.4) is 0 Å². The first-order chi connectivity index (χ1) is 16.8. The molecular formula is C27H34F6O2Si2. The first-order valence-electron chi connectivity index (χ1n) is 11.8. The highest BCUT2D eigenvalue weighted by molar-refractivity contribution is 6.70. The van der Waals surface area contributed by atoms with Gasteiger partial charge in [0, 0.05) is 0 Å². The van der Waals surface area contributed by atoms with Crippen molar-refractivity contribution in [2.24, 2.45) is 0 Å². The quantitative estimate of drug-likeness (QED) is 0.164. The Hall–Kier alpha value is -2.47. The molecule has 0 fully saturated rings. The van der Waals surface area contributed by atoms with Gasteiger partial charge in [-0.1, -0.05) is 36.4 Å². The van der Waals surface area contributed by atoms with Gasteiger partial charge in [-0.05, 0) is 86.5 Å². The topological polar surface area (TPSA) is 18.5 Å². The summed E-state index contributed by atoms with van der Waals surface area (Å²) in [5.41, 5.74) is -5.73. The highest BCUT2D eigenvalue weighted by Crippen LogP contribution is 2.57. The largest absolute Gasteiger partial charge is 0.544 e. The van der Waals surface area contributed by atoms with Crippen molar-refractivity contribution in [1.29, 1.82) is 0 Å². The molecule has 0 amide bonds. The molecule has 0 saturated heterocycles. The van der Waals surface area contributed by atoms with Crippen molar-refractivity contribution in [3.05, 3.63) is 84.0 Å². The highest BCUT2D eigenvalue weighted by atomic mass is 28.4. The van der Waals surface area contributed by atoms with E-state index in [-0.39, 0.29) is 35.5 Å². The van der Waals surface area contributed by atoms with Crippen LogP contribution in [0.4, 0.5) is 26.3 Å². The molecule has 0 aliphatic carbocycles. The van der Waals surface area contributed by atoms with E-state index < -0.39 is 45.5 Å². The summed E-state index contributed by atoms with van der Waals surface area (Å²) in [4.78, 5) is 0. The van der Waals surface area contributed by atoms with Crippen LogP contribution in [0.2, 0.25) is 39.3 Å². The van der Waals surface area contributed by atoms with Crippen LogP contribution in [-0.2, 0) is 18.3 Å². The predicted octanol–water partition coefficient (Wildman–Crippen LogP) is 8.98. The second kappa shape index (κ2) is 10.7. The standard InChI is InChI=1S/C27H34F6O2Si2/c1-9-11-19-17-21(13-15-23(19)34-36(3,4)5)25(26(28,29)30,27(31,32)33)22-14-16-24(35-37(6,7)8)20(18-22)12-10-2/h9-10,13-18H,1-2,11-12H2,3-8H3. The molecule has 0 spiro atoms. The maximum Gasteiger partial charge on any atom is 0.411 e. The molecule has 2 aromatic carbocycles. The summed E-state index contributed by atoms with van der Waals surface area (Å²) >= 11 is 0. The normalized spacial score (nSPS) is 13.3. The molecule has 0 saturated carbocycles. The van der Waals surface area contributed by atoms with Gasteiger partial charge in [0.25, 0.3) is 0 Å². The second-order valence-electron chi connectivity index (χ2n) is 10.8. The van der Waals surface area contributed by atoms with E-state index in [4.69, 9.17) is 8.85 Å². The monoisotopic (exact) mass is 560 g/mol. The van der Waals surface area contributed by atoms with Crippen LogP contribution in [0, 0.1) is 0 Å². The Labute approximate surface area is 217 Å². The summed E-state index contributed by atoms with van der Waals surface area (Å²) in [5, 5.41) is 0. The summed E-state index contributed by atoms with van der Waals surface area (Å²) in [5.74, 6) is 0.514. The molecule has 0 N–H and O–H groups in total. The summed E-state index contributed by atoms with van der Waals surface area (Å²) in [6, 6.07) is 6.01. The number of hydrogen-bond acceptors (Lipinski definition) is 2. The van der Waals surface area contributed by atoms with Gasteiger partial charge in [0.05, 0.1) is 0 Å². The molecule has 37 heavy (non-hydrogen) atoms. The SMILES string of the molecule is C=CCc1cc(C(c2ccc(O[Si](C)(C)C)c(CC=C)c2)(C(F)(F)F)C(F)(F)F)ccc1O[Si](C)(C)C. The van der Waals surface area contributed by atoms with Gasteiger partial charge in [-0.25, -0.2) is 0 Å². The molecule has 2 rings (SSSR count). The number of hydrogen-bond donors (Lipinski definition) is 0. The first kappa shape index (κ1) is 30.8. The van der Waals surface area contributed by atoms with E-state index in [1.165, 1.54) is 24.3 Å². The predicted molar refractivity (Wildman–Crippen MR) is 142 cm³/mol. The second-order valence-corrected chi connectivity index (χ2v) is 19.7. The molecule has 0 heterocycles. The van der Waals surface area contributed by atoms with Crippen LogP contribution >= 0.6 is 0 Å². The highest BCUT2D eigenvalue weighted by Gasteiger charge is 2.72. The molecular weight excluding hydrogens is 526 g/mol. The molecule has 0 unspecified atom stereocenters. The minimum absolute atomic E-state index is 0.0458. The van der Waals surface area contributed by atoms with Crippen molar-refractivity contribution in [2.45, 2.75) is 69.9 Å². The smallest absolute Gasteiger partial charge is 0.411 e. The fraction of sp³-hybridized carbons (Fsp3) is 0.407. The Morgan fingerprint density at radius 1 is 0.649 bits per heavy atom. The van der Waals surface area contributed by atoms with E-state index in [9.17, 15) is 26.3 Å². The molecule has 0 aliphatic rings. The zero-order valence-electron chi connectivity index (χ0n) is 22.0. The first-order valence-corrected chi connectivity index (χ1v) is 18.6. The van der Waals surface area contributed by atoms with Crippen LogP contribution < -0.4 is 8.85 Å². The minimum atomic E-state index is -5.70. The number of alkyl halides is 6. The zero-order chi connectivity index (χ0) is 28.4. The summed E-state index contributed by atoms with van der Waals surface area (Å²) in [6.45, 7) is 18.5. The molecule has 0 radical (unpaired) electrons. The summed E-state index contributed by atoms with van der Waals surface area (Å²) in [6.07, 6.45) is -8.48. The number of allylic oxidation sites excluding steroid dienone is 2. The van der Waals surface area contributed by atoms with Gasteiger partial charge in [0.2, 0.25) is 22.0 Å². The van der Waals surface area contributed by atoms with E-state index in [1.54, 1.807) is 0 Å². The zero-order valence-corrected chi connectivity index (χ0v) is 24.0. The molecule has 0 atom stereocenters. The van der Waals surface area contributed by atoms with Crippen molar-refractivity contribution in [2.75, 3.05) is 0 Å². The van der Waals surface area contributed by atoms with Gasteiger partial charge in [-0.2, -0.15) is 26.3 Å². The number of rotatable bonds is 10. The lowest BCUT2D eigenvalue weighted by molar-refractivity contribution is -0.288. The molecule has 10 heteroatoms. The third-order valence-electron chi connectivity index (χ3n) is 5.40. The Morgan fingerprint density at radius 2 is 0.973 bits per heavy atom. The fourth-order valence-corrected chi connectivity index (χ4v) is 5.81. The third-order valence-corrected chi connectivity index (χ3v) is 7.06. The molecule has 204 valence electrons. The molecule has 0 aromatic heterocycles. The molecule has 0 bridgehead atoms. The van der Waals surface area contributed by atoms with Gasteiger partial charge < -0.3 is 8.85 Å². The van der Waals surface area contributed by atoms with Gasteiger partial charge in [-0.15, -0.1) is 13.2 Å². The number of benzene rings is 2. The summed E-state index contributed by atoms with van der Waals surface area (Å²) in [7, 11) is -4.40. The van der Waals surface area contributed by atoms with E-state index in [0.717, 1.165) is 24.3 Å². The average molecular weight is 561 g/mol. The Kier molecular flexibility index (Phi) is 8.91. The maximum atomic E-state index is 14.8. The van der Waals surface area contributed by atoms with Crippen LogP contribution in [0.5, 0.6) is 11.5 Å². The average Bonchev–Trinajstić information content (AvgIpc) is 2.68. The van der Waals surface area contributed by atoms with E-state index in [0.29, 0.717) is 0 Å². The van der Waals surface area contributed by atoms with Crippen molar-refractivity contribution in [3.63, 3.8) is 0 Å². The lowest BCUT2D eigenvalue weighted by atomic mass is 9.72. The Balaban J connectivity index is 2.94. The van der Waals surface area contributed by atoms with Gasteiger partial charge in [-0.3, -0.25) is 0 Å². The molecule has 2 nitrogen and oxygen atoms in total. The van der Waals surface area contributed by atoms with Gasteiger partial charge in [0.15, 0.2) is 0 Å². The lowest BCUT2D eigenvalue weighted by Gasteiger charge is -2.39. The van der Waals surface area contributed by atoms with E-state index in [2.05, 4.69) is 13.2 Å². The lowest BCUT2D eigenvalue weighted by Crippen LogP contribution is -2.54. The van der Waals surface area contributed by atoms with Crippen molar-refractivity contribution in [3.8, 4) is 11.5 Å². The van der Waals surface area contributed by atoms with Crippen molar-refractivity contribution < 1.29 is 35.2 Å². The van der Waals surface area contributed by atoms with Crippen LogP contribution in [-0.4, -0.2) is 29.0 Å². The van der Waals surface area contributed by atoms with Crippen LogP contribution in [0.25, 0.3) is 0 Å². The molecule has 0 aliphatic heterocycles. The van der Waals surface area contributed by atoms with E-state index >= 15 is 0 Å². The van der Waals surface area contributed by atoms with Crippen molar-refractivity contribution in [1.82, 2.24) is 0 Å². The maximum absolute atomic E-state index is 14.8. The molecule has 2 aromatic rings. The van der Waals surface area contributed by atoms with E-state index in [1.807, 2.05) is 39.3 Å². The van der Waals surface area contributed by atoms with Crippen molar-refractivity contribution >= 4 is 16.6 Å². The number of halogens is 6. The van der Waals surface area contributed by atoms with Crippen LogP contribution in [0.15, 0.2) is 61.7 Å². The summed E-state index contributed by atoms with van der Waals surface area (Å²) < 4.78 is 101.